The molecule has 0 aromatic rings. The van der Waals surface area contributed by atoms with Gasteiger partial charge in [-0.25, -0.2) is 9.59 Å². The number of amides is 1. The number of rotatable bonds is 12. The van der Waals surface area contributed by atoms with Crippen molar-refractivity contribution in [1.82, 2.24) is 5.32 Å². The number of hydrogen-bond acceptors (Lipinski definition) is 5. The van der Waals surface area contributed by atoms with E-state index in [9.17, 15) is 22.8 Å². The van der Waals surface area contributed by atoms with Crippen LogP contribution in [0.4, 0.5) is 18.0 Å². The van der Waals surface area contributed by atoms with E-state index in [1.165, 1.54) is 38.5 Å². The summed E-state index contributed by atoms with van der Waals surface area (Å²) in [6, 6.07) is 0. The van der Waals surface area contributed by atoms with Crippen LogP contribution in [0.15, 0.2) is 0 Å². The molecular weight excluding hydrogens is 563 g/mol. The van der Waals surface area contributed by atoms with Crippen molar-refractivity contribution in [1.29, 1.82) is 0 Å². The Balaban J connectivity index is 0.000000646. The summed E-state index contributed by atoms with van der Waals surface area (Å²) in [5.74, 6) is -1.71. The minimum Gasteiger partial charge on any atom is -0.475 e. The molecule has 248 valence electrons. The molecule has 4 bridgehead atoms. The third-order valence-corrected chi connectivity index (χ3v) is 12.3. The van der Waals surface area contributed by atoms with Crippen molar-refractivity contribution < 1.29 is 42.1 Å². The Morgan fingerprint density at radius 2 is 1.16 bits per heavy atom. The van der Waals surface area contributed by atoms with Crippen molar-refractivity contribution in [2.24, 2.45) is 33.5 Å². The molecule has 4 rings (SSSR count). The maximum atomic E-state index is 12.4. The fourth-order valence-corrected chi connectivity index (χ4v) is 8.54. The van der Waals surface area contributed by atoms with Crippen LogP contribution >= 0.6 is 0 Å². The first kappa shape index (κ1) is 35.5. The van der Waals surface area contributed by atoms with Crippen molar-refractivity contribution >= 4 is 18.0 Å². The van der Waals surface area contributed by atoms with Gasteiger partial charge in [0.05, 0.1) is 0 Å². The predicted molar refractivity (Wildman–Crippen MR) is 157 cm³/mol. The molecule has 1 amide bonds. The maximum absolute atomic E-state index is 12.4. The number of fused-ring (bicyclic) bond motifs is 4. The summed E-state index contributed by atoms with van der Waals surface area (Å²) >= 11 is 0. The maximum Gasteiger partial charge on any atom is 0.490 e. The summed E-state index contributed by atoms with van der Waals surface area (Å²) in [6.07, 6.45) is 10.1. The average molecular weight is 618 g/mol. The van der Waals surface area contributed by atoms with Gasteiger partial charge in [-0.2, -0.15) is 13.2 Å². The number of hydrogen-bond donors (Lipinski definition) is 2. The molecule has 2 N–H and O–H groups in total. The largest absolute Gasteiger partial charge is 0.490 e. The van der Waals surface area contributed by atoms with Crippen molar-refractivity contribution in [2.75, 3.05) is 6.54 Å². The number of carbonyl (C=O) groups excluding carboxylic acids is 2. The lowest BCUT2D eigenvalue weighted by molar-refractivity contribution is -0.192. The Labute approximate surface area is 255 Å². The van der Waals surface area contributed by atoms with E-state index < -0.39 is 12.1 Å². The topological polar surface area (TPSA) is 102 Å². The van der Waals surface area contributed by atoms with E-state index in [4.69, 9.17) is 19.4 Å². The smallest absolute Gasteiger partial charge is 0.475 e. The molecule has 43 heavy (non-hydrogen) atoms. The Hall–Kier alpha value is -2.00. The molecular formula is C33H54F3NO6. The summed E-state index contributed by atoms with van der Waals surface area (Å²) in [5.41, 5.74) is 1.21. The Bertz CT molecular complexity index is 926. The zero-order valence-electron chi connectivity index (χ0n) is 27.0. The van der Waals surface area contributed by atoms with Gasteiger partial charge in [-0.1, -0.05) is 73.6 Å². The predicted octanol–water partition coefficient (Wildman–Crippen LogP) is 8.44. The van der Waals surface area contributed by atoms with Crippen LogP contribution in [0.3, 0.4) is 0 Å². The fraction of sp³-hybridized carbons (Fsp3) is 0.909. The highest BCUT2D eigenvalue weighted by Crippen LogP contribution is 2.67. The molecule has 0 saturated heterocycles. The van der Waals surface area contributed by atoms with Gasteiger partial charge in [-0.05, 0) is 73.0 Å². The monoisotopic (exact) mass is 617 g/mol. The van der Waals surface area contributed by atoms with Crippen LogP contribution in [-0.4, -0.2) is 48.1 Å². The fourth-order valence-electron chi connectivity index (χ4n) is 8.54. The molecule has 6 unspecified atom stereocenters. The van der Waals surface area contributed by atoms with Crippen molar-refractivity contribution in [3.05, 3.63) is 0 Å². The molecule has 0 aromatic carbocycles. The highest BCUT2D eigenvalue weighted by Gasteiger charge is 2.62. The van der Waals surface area contributed by atoms with Gasteiger partial charge >= 0.3 is 24.2 Å². The number of nitrogens with one attached hydrogen (secondary N) is 1. The second-order valence-electron chi connectivity index (χ2n) is 15.2. The van der Waals surface area contributed by atoms with Gasteiger partial charge in [-0.3, -0.25) is 4.79 Å². The molecule has 4 fully saturated rings. The quantitative estimate of drug-likeness (QED) is 0.168. The van der Waals surface area contributed by atoms with Crippen molar-refractivity contribution in [3.8, 4) is 0 Å². The first-order valence-electron chi connectivity index (χ1n) is 16.3. The number of alkyl halides is 3. The van der Waals surface area contributed by atoms with E-state index in [1.807, 2.05) is 0 Å². The molecule has 0 spiro atoms. The SMILES string of the molecule is CC12CCC(C(OC(=O)CCCCCCCCCNC(=O)OC3CC4(C)CCC3C4(C)C)C1)C2(C)C.O=C(O)C(F)(F)F. The summed E-state index contributed by atoms with van der Waals surface area (Å²) in [6.45, 7) is 14.8. The van der Waals surface area contributed by atoms with Gasteiger partial charge in [-0.15, -0.1) is 0 Å². The summed E-state index contributed by atoms with van der Waals surface area (Å²) < 4.78 is 43.5. The first-order valence-corrected chi connectivity index (χ1v) is 16.3. The number of halogens is 3. The van der Waals surface area contributed by atoms with E-state index in [0.29, 0.717) is 41.0 Å². The van der Waals surface area contributed by atoms with Gasteiger partial charge in [0.15, 0.2) is 0 Å². The van der Waals surface area contributed by atoms with Gasteiger partial charge in [0.1, 0.15) is 12.2 Å². The van der Waals surface area contributed by atoms with Crippen LogP contribution in [0, 0.1) is 33.5 Å². The zero-order valence-corrected chi connectivity index (χ0v) is 27.0. The number of carboxylic acids is 1. The summed E-state index contributed by atoms with van der Waals surface area (Å²) in [7, 11) is 0. The van der Waals surface area contributed by atoms with E-state index in [-0.39, 0.29) is 29.7 Å². The highest BCUT2D eigenvalue weighted by molar-refractivity contribution is 5.73. The number of carboxylic acid groups (broad SMARTS) is 1. The molecule has 6 atom stereocenters. The molecule has 4 aliphatic carbocycles. The van der Waals surface area contributed by atoms with Crippen LogP contribution in [0.5, 0.6) is 0 Å². The second kappa shape index (κ2) is 13.6. The Kier molecular flexibility index (Phi) is 11.2. The Morgan fingerprint density at radius 3 is 1.56 bits per heavy atom. The molecule has 7 nitrogen and oxygen atoms in total. The molecule has 0 aromatic heterocycles. The first-order chi connectivity index (χ1) is 19.8. The van der Waals surface area contributed by atoms with Crippen LogP contribution in [0.1, 0.15) is 131 Å². The average Bonchev–Trinajstić information content (AvgIpc) is 3.40. The van der Waals surface area contributed by atoms with Gasteiger partial charge < -0.3 is 19.9 Å². The van der Waals surface area contributed by atoms with Gasteiger partial charge in [0.25, 0.3) is 0 Å². The number of alkyl carbamates (subject to hydrolysis) is 1. The number of carbonyl (C=O) groups is 3. The van der Waals surface area contributed by atoms with E-state index >= 15 is 0 Å². The van der Waals surface area contributed by atoms with Crippen molar-refractivity contribution in [3.63, 3.8) is 0 Å². The number of aliphatic carboxylic acids is 1. The van der Waals surface area contributed by atoms with Crippen LogP contribution < -0.4 is 5.32 Å². The molecule has 0 aliphatic heterocycles. The normalized spacial score (nSPS) is 33.0. The van der Waals surface area contributed by atoms with E-state index in [2.05, 4.69) is 46.9 Å². The lowest BCUT2D eigenvalue weighted by Crippen LogP contribution is -2.33. The molecule has 4 aliphatic rings. The minimum atomic E-state index is -5.08. The van der Waals surface area contributed by atoms with Gasteiger partial charge in [0, 0.05) is 24.8 Å². The van der Waals surface area contributed by atoms with Gasteiger partial charge in [0.2, 0.25) is 0 Å². The number of esters is 1. The summed E-state index contributed by atoms with van der Waals surface area (Å²) in [5, 5.41) is 10.1. The molecule has 4 saturated carbocycles. The lowest BCUT2D eigenvalue weighted by atomic mass is 9.71. The van der Waals surface area contributed by atoms with Crippen LogP contribution in [0.2, 0.25) is 0 Å². The third-order valence-electron chi connectivity index (χ3n) is 12.3. The van der Waals surface area contributed by atoms with E-state index in [0.717, 1.165) is 44.9 Å². The lowest BCUT2D eigenvalue weighted by Gasteiger charge is -2.33. The Morgan fingerprint density at radius 1 is 0.744 bits per heavy atom. The summed E-state index contributed by atoms with van der Waals surface area (Å²) in [4.78, 5) is 33.6. The van der Waals surface area contributed by atoms with E-state index in [1.54, 1.807) is 0 Å². The molecule has 10 heteroatoms. The van der Waals surface area contributed by atoms with Crippen LogP contribution in [-0.2, 0) is 19.1 Å². The van der Waals surface area contributed by atoms with Crippen molar-refractivity contribution in [2.45, 2.75) is 150 Å². The molecule has 0 heterocycles. The number of unbranched alkanes of at least 4 members (excludes halogenated alkanes) is 6. The number of ether oxygens (including phenoxy) is 2. The highest BCUT2D eigenvalue weighted by atomic mass is 19.4. The standard InChI is InChI=1S/C31H53NO4.C2HF3O2/c1-28(2)22-15-17-30(28,5)20-24(22)35-26(33)14-12-10-8-7-9-11-13-19-32-27(34)36-25-21-31(6)18-16-23(25)29(31,3)4;3-2(4,5)1(6)7/h22-25H,7-21H2,1-6H3,(H,32,34);(H,6,7). The second-order valence-corrected chi connectivity index (χ2v) is 15.2. The molecule has 0 radical (unpaired) electrons. The zero-order chi connectivity index (χ0) is 32.3. The third kappa shape index (κ3) is 7.99. The minimum absolute atomic E-state index is 0.00742. The van der Waals surface area contributed by atoms with Crippen LogP contribution in [0.25, 0.3) is 0 Å².